The van der Waals surface area contributed by atoms with Gasteiger partial charge in [-0.3, -0.25) is 9.10 Å². The predicted molar refractivity (Wildman–Crippen MR) is 128 cm³/mol. The number of amides is 1. The van der Waals surface area contributed by atoms with E-state index in [4.69, 9.17) is 27.9 Å². The van der Waals surface area contributed by atoms with Crippen LogP contribution in [0.3, 0.4) is 0 Å². The van der Waals surface area contributed by atoms with Crippen molar-refractivity contribution in [1.82, 2.24) is 5.32 Å². The average molecular weight is 493 g/mol. The zero-order chi connectivity index (χ0) is 23.3. The van der Waals surface area contributed by atoms with Gasteiger partial charge in [-0.15, -0.1) is 0 Å². The van der Waals surface area contributed by atoms with Crippen molar-refractivity contribution in [2.45, 2.75) is 13.1 Å². The Morgan fingerprint density at radius 3 is 2.22 bits per heavy atom. The van der Waals surface area contributed by atoms with Crippen LogP contribution in [0.2, 0.25) is 10.0 Å². The van der Waals surface area contributed by atoms with Gasteiger partial charge in [0.15, 0.2) is 0 Å². The monoisotopic (exact) mass is 492 g/mol. The van der Waals surface area contributed by atoms with Gasteiger partial charge in [0, 0.05) is 22.2 Å². The Morgan fingerprint density at radius 1 is 0.969 bits per heavy atom. The van der Waals surface area contributed by atoms with Gasteiger partial charge in [0.1, 0.15) is 5.75 Å². The molecule has 0 saturated carbocycles. The van der Waals surface area contributed by atoms with Gasteiger partial charge in [-0.25, -0.2) is 8.42 Å². The molecule has 6 nitrogen and oxygen atoms in total. The molecule has 3 rings (SSSR count). The lowest BCUT2D eigenvalue weighted by molar-refractivity contribution is 0.0951. The normalized spacial score (nSPS) is 11.1. The van der Waals surface area contributed by atoms with Gasteiger partial charge in [-0.2, -0.15) is 0 Å². The topological polar surface area (TPSA) is 75.7 Å². The first kappa shape index (κ1) is 23.9. The van der Waals surface area contributed by atoms with Gasteiger partial charge in [0.05, 0.1) is 25.6 Å². The van der Waals surface area contributed by atoms with Crippen LogP contribution >= 0.6 is 23.2 Å². The Bertz CT molecular complexity index is 1190. The molecule has 0 aliphatic carbocycles. The Balaban J connectivity index is 1.71. The van der Waals surface area contributed by atoms with Crippen molar-refractivity contribution in [3.63, 3.8) is 0 Å². The first-order valence-corrected chi connectivity index (χ1v) is 12.2. The molecule has 0 aliphatic rings. The van der Waals surface area contributed by atoms with Gasteiger partial charge >= 0.3 is 0 Å². The number of ether oxygens (including phenoxy) is 1. The number of anilines is 1. The summed E-state index contributed by atoms with van der Waals surface area (Å²) in [5.74, 6) is 0.485. The van der Waals surface area contributed by atoms with E-state index in [0.717, 1.165) is 17.6 Å². The summed E-state index contributed by atoms with van der Waals surface area (Å²) >= 11 is 12.1. The van der Waals surface area contributed by atoms with Crippen molar-refractivity contribution in [3.8, 4) is 5.75 Å². The second kappa shape index (κ2) is 10.3. The molecule has 168 valence electrons. The Morgan fingerprint density at radius 2 is 1.62 bits per heavy atom. The summed E-state index contributed by atoms with van der Waals surface area (Å²) in [7, 11) is -2.01. The highest BCUT2D eigenvalue weighted by molar-refractivity contribution is 7.92. The molecule has 3 aromatic carbocycles. The van der Waals surface area contributed by atoms with Crippen LogP contribution in [0, 0.1) is 0 Å². The zero-order valence-corrected chi connectivity index (χ0v) is 19.8. The highest BCUT2D eigenvalue weighted by Gasteiger charge is 2.19. The maximum Gasteiger partial charge on any atom is 0.251 e. The Hall–Kier alpha value is -2.74. The first-order chi connectivity index (χ1) is 15.2. The number of carbonyl (C=O) groups excluding carboxylic acids is 1. The van der Waals surface area contributed by atoms with E-state index in [0.29, 0.717) is 33.4 Å². The molecule has 0 heterocycles. The molecule has 9 heteroatoms. The summed E-state index contributed by atoms with van der Waals surface area (Å²) in [6, 6.07) is 18.8. The molecule has 1 amide bonds. The van der Waals surface area contributed by atoms with E-state index in [-0.39, 0.29) is 12.5 Å². The summed E-state index contributed by atoms with van der Waals surface area (Å²) < 4.78 is 31.1. The summed E-state index contributed by atoms with van der Waals surface area (Å²) in [4.78, 5) is 12.5. The highest BCUT2D eigenvalue weighted by Crippen LogP contribution is 2.28. The minimum Gasteiger partial charge on any atom is -0.497 e. The van der Waals surface area contributed by atoms with Crippen LogP contribution in [0.15, 0.2) is 66.7 Å². The second-order valence-corrected chi connectivity index (χ2v) is 9.91. The second-order valence-electron chi connectivity index (χ2n) is 7.13. The maximum atomic E-state index is 12.5. The molecular weight excluding hydrogens is 471 g/mol. The van der Waals surface area contributed by atoms with Crippen molar-refractivity contribution in [1.29, 1.82) is 0 Å². The molecular formula is C23H22Cl2N2O4S. The lowest BCUT2D eigenvalue weighted by Crippen LogP contribution is -2.29. The minimum atomic E-state index is -3.59. The number of hydrogen-bond donors (Lipinski definition) is 1. The summed E-state index contributed by atoms with van der Waals surface area (Å²) in [5, 5.41) is 3.53. The molecule has 1 N–H and O–H groups in total. The minimum absolute atomic E-state index is 0.0706. The number of benzene rings is 3. The fraction of sp³-hybridized carbons (Fsp3) is 0.174. The van der Waals surface area contributed by atoms with Crippen molar-refractivity contribution in [2.24, 2.45) is 0 Å². The largest absolute Gasteiger partial charge is 0.497 e. The Labute approximate surface area is 197 Å². The molecule has 0 atom stereocenters. The molecule has 0 aromatic heterocycles. The summed E-state index contributed by atoms with van der Waals surface area (Å²) in [5.41, 5.74) is 2.45. The maximum absolute atomic E-state index is 12.5. The summed E-state index contributed by atoms with van der Waals surface area (Å²) in [6.45, 7) is 0.427. The zero-order valence-electron chi connectivity index (χ0n) is 17.5. The Kier molecular flexibility index (Phi) is 7.66. The van der Waals surface area contributed by atoms with Crippen LogP contribution in [0.5, 0.6) is 5.75 Å². The van der Waals surface area contributed by atoms with E-state index >= 15 is 0 Å². The fourth-order valence-corrected chi connectivity index (χ4v) is 4.46. The summed E-state index contributed by atoms with van der Waals surface area (Å²) in [6.07, 6.45) is 1.11. The number of carbonyl (C=O) groups is 1. The SMILES string of the molecule is COc1cccc(CNC(=O)c2ccc(CN(c3cc(Cl)cc(Cl)c3)S(C)(=O)=O)cc2)c1. The van der Waals surface area contributed by atoms with E-state index in [1.807, 2.05) is 24.3 Å². The van der Waals surface area contributed by atoms with Crippen molar-refractivity contribution < 1.29 is 17.9 Å². The standard InChI is InChI=1S/C23H22Cl2N2O4S/c1-31-22-5-3-4-17(10-22)14-26-23(28)18-8-6-16(7-9-18)15-27(32(2,29)30)21-12-19(24)11-20(25)13-21/h3-13H,14-15H2,1-2H3,(H,26,28). The van der Waals surface area contributed by atoms with Crippen molar-refractivity contribution >= 4 is 44.8 Å². The van der Waals surface area contributed by atoms with E-state index in [1.54, 1.807) is 31.4 Å². The lowest BCUT2D eigenvalue weighted by Gasteiger charge is -2.23. The smallest absolute Gasteiger partial charge is 0.251 e. The van der Waals surface area contributed by atoms with Crippen LogP contribution in [0.25, 0.3) is 0 Å². The van der Waals surface area contributed by atoms with Gasteiger partial charge in [0.2, 0.25) is 10.0 Å². The third-order valence-electron chi connectivity index (χ3n) is 4.67. The number of methoxy groups -OCH3 is 1. The molecule has 0 unspecified atom stereocenters. The molecule has 32 heavy (non-hydrogen) atoms. The van der Waals surface area contributed by atoms with E-state index in [1.165, 1.54) is 22.5 Å². The molecule has 0 spiro atoms. The molecule has 0 fully saturated rings. The number of sulfonamides is 1. The average Bonchev–Trinajstić information content (AvgIpc) is 2.75. The van der Waals surface area contributed by atoms with Gasteiger partial charge in [-0.05, 0) is 53.6 Å². The first-order valence-electron chi connectivity index (χ1n) is 9.59. The lowest BCUT2D eigenvalue weighted by atomic mass is 10.1. The van der Waals surface area contributed by atoms with Crippen LogP contribution in [-0.4, -0.2) is 27.7 Å². The predicted octanol–water partition coefficient (Wildman–Crippen LogP) is 4.90. The quantitative estimate of drug-likeness (QED) is 0.485. The van der Waals surface area contributed by atoms with Crippen molar-refractivity contribution in [2.75, 3.05) is 17.7 Å². The van der Waals surface area contributed by atoms with Crippen LogP contribution < -0.4 is 14.4 Å². The number of rotatable bonds is 8. The van der Waals surface area contributed by atoms with E-state index in [2.05, 4.69) is 5.32 Å². The molecule has 0 aliphatic heterocycles. The third kappa shape index (κ3) is 6.38. The van der Waals surface area contributed by atoms with Crippen LogP contribution in [0.4, 0.5) is 5.69 Å². The van der Waals surface area contributed by atoms with E-state index in [9.17, 15) is 13.2 Å². The van der Waals surface area contributed by atoms with Gasteiger partial charge in [0.25, 0.3) is 5.91 Å². The highest BCUT2D eigenvalue weighted by atomic mass is 35.5. The number of nitrogens with one attached hydrogen (secondary N) is 1. The fourth-order valence-electron chi connectivity index (χ4n) is 3.08. The van der Waals surface area contributed by atoms with Crippen LogP contribution in [-0.2, 0) is 23.1 Å². The van der Waals surface area contributed by atoms with E-state index < -0.39 is 10.0 Å². The van der Waals surface area contributed by atoms with Crippen molar-refractivity contribution in [3.05, 3.63) is 93.5 Å². The molecule has 0 saturated heterocycles. The molecule has 0 radical (unpaired) electrons. The van der Waals surface area contributed by atoms with Gasteiger partial charge < -0.3 is 10.1 Å². The number of halogens is 2. The third-order valence-corrected chi connectivity index (χ3v) is 6.24. The van der Waals surface area contributed by atoms with Crippen LogP contribution in [0.1, 0.15) is 21.5 Å². The molecule has 0 bridgehead atoms. The number of nitrogens with zero attached hydrogens (tertiary/aromatic N) is 1. The van der Waals surface area contributed by atoms with Gasteiger partial charge in [-0.1, -0.05) is 47.5 Å². The molecule has 3 aromatic rings. The number of hydrogen-bond acceptors (Lipinski definition) is 4.